The first-order valence-electron chi connectivity index (χ1n) is 20.2. The normalized spacial score (nSPS) is 14.3. The quantitative estimate of drug-likeness (QED) is 0.0622. The fourth-order valence-electron chi connectivity index (χ4n) is 7.49. The van der Waals surface area contributed by atoms with Gasteiger partial charge in [0.1, 0.15) is 11.2 Å². The van der Waals surface area contributed by atoms with Crippen molar-refractivity contribution < 1.29 is 19.8 Å². The summed E-state index contributed by atoms with van der Waals surface area (Å²) < 4.78 is 2.19. The summed E-state index contributed by atoms with van der Waals surface area (Å²) in [5.74, 6) is -0.510. The highest BCUT2D eigenvalue weighted by Gasteiger charge is 2.32. The molecule has 5 nitrogen and oxygen atoms in total. The number of fused-ring (bicyclic) bond motifs is 3. The van der Waals surface area contributed by atoms with Crippen molar-refractivity contribution in [1.29, 1.82) is 0 Å². The third-order valence-electron chi connectivity index (χ3n) is 10.7. The average molecular weight is 676 g/mol. The van der Waals surface area contributed by atoms with E-state index in [1.54, 1.807) is 13.8 Å². The van der Waals surface area contributed by atoms with Crippen LogP contribution in [0.3, 0.4) is 0 Å². The topological polar surface area (TPSA) is 79.5 Å². The van der Waals surface area contributed by atoms with Crippen molar-refractivity contribution in [1.82, 2.24) is 4.57 Å². The van der Waals surface area contributed by atoms with Gasteiger partial charge >= 0.3 is 0 Å². The summed E-state index contributed by atoms with van der Waals surface area (Å²) >= 11 is 0. The zero-order valence-corrected chi connectivity index (χ0v) is 31.9. The predicted octanol–water partition coefficient (Wildman–Crippen LogP) is 12.3. The first-order valence-corrected chi connectivity index (χ1v) is 20.2. The Kier molecular flexibility index (Phi) is 17.5. The average Bonchev–Trinajstić information content (AvgIpc) is 3.41. The van der Waals surface area contributed by atoms with Crippen molar-refractivity contribution in [2.24, 2.45) is 0 Å². The van der Waals surface area contributed by atoms with Crippen LogP contribution in [0.25, 0.3) is 21.8 Å². The molecule has 1 aromatic heterocycles. The Labute approximate surface area is 298 Å². The SMILES string of the molecule is CCCCCCCCCCCCC(C)(O)C(=O)c1ccc2c(c1)c1cc(C(=O)C(C)(O)CCCCCCCCCCCC)ccc1n2CC. The van der Waals surface area contributed by atoms with E-state index in [2.05, 4.69) is 25.3 Å². The predicted molar refractivity (Wildman–Crippen MR) is 208 cm³/mol. The molecule has 3 rings (SSSR count). The van der Waals surface area contributed by atoms with Gasteiger partial charge in [-0.05, 0) is 70.0 Å². The van der Waals surface area contributed by atoms with Crippen LogP contribution in [0.15, 0.2) is 36.4 Å². The Morgan fingerprint density at radius 2 is 0.816 bits per heavy atom. The highest BCUT2D eigenvalue weighted by atomic mass is 16.3. The number of unbranched alkanes of at least 4 members (excludes halogenated alkanes) is 18. The number of nitrogens with zero attached hydrogens (tertiary/aromatic N) is 1. The molecule has 2 atom stereocenters. The second kappa shape index (κ2) is 21.0. The van der Waals surface area contributed by atoms with Gasteiger partial charge in [-0.15, -0.1) is 0 Å². The van der Waals surface area contributed by atoms with Gasteiger partial charge in [0, 0.05) is 39.5 Å². The number of aliphatic hydroxyl groups is 2. The molecule has 0 saturated carbocycles. The smallest absolute Gasteiger partial charge is 0.194 e. The maximum Gasteiger partial charge on any atom is 0.194 e. The Bertz CT molecular complexity index is 1330. The van der Waals surface area contributed by atoms with Gasteiger partial charge in [0.15, 0.2) is 11.6 Å². The largest absolute Gasteiger partial charge is 0.382 e. The molecule has 0 aliphatic carbocycles. The van der Waals surface area contributed by atoms with Crippen molar-refractivity contribution in [2.75, 3.05) is 0 Å². The number of rotatable bonds is 27. The maximum absolute atomic E-state index is 13.6. The van der Waals surface area contributed by atoms with Gasteiger partial charge in [-0.2, -0.15) is 0 Å². The van der Waals surface area contributed by atoms with Crippen LogP contribution in [0.5, 0.6) is 0 Å². The second-order valence-electron chi connectivity index (χ2n) is 15.3. The van der Waals surface area contributed by atoms with E-state index < -0.39 is 11.2 Å². The Balaban J connectivity index is 1.62. The summed E-state index contributed by atoms with van der Waals surface area (Å²) in [7, 11) is 0. The Morgan fingerprint density at radius 1 is 0.510 bits per heavy atom. The van der Waals surface area contributed by atoms with Gasteiger partial charge in [-0.3, -0.25) is 9.59 Å². The van der Waals surface area contributed by atoms with Crippen LogP contribution >= 0.6 is 0 Å². The van der Waals surface area contributed by atoms with E-state index >= 15 is 0 Å². The lowest BCUT2D eigenvalue weighted by molar-refractivity contribution is 0.0355. The second-order valence-corrected chi connectivity index (χ2v) is 15.3. The number of carbonyl (C=O) groups is 2. The maximum atomic E-state index is 13.6. The fraction of sp³-hybridized carbons (Fsp3) is 0.682. The lowest BCUT2D eigenvalue weighted by atomic mass is 9.88. The zero-order chi connectivity index (χ0) is 35.7. The summed E-state index contributed by atoms with van der Waals surface area (Å²) in [6.45, 7) is 10.6. The van der Waals surface area contributed by atoms with Crippen LogP contribution in [0, 0.1) is 0 Å². The minimum atomic E-state index is -1.43. The molecule has 274 valence electrons. The van der Waals surface area contributed by atoms with E-state index in [9.17, 15) is 19.8 Å². The third kappa shape index (κ3) is 12.3. The summed E-state index contributed by atoms with van der Waals surface area (Å²) in [5.41, 5.74) is 0.112. The molecule has 0 fully saturated rings. The Morgan fingerprint density at radius 3 is 1.12 bits per heavy atom. The highest BCUT2D eigenvalue weighted by molar-refractivity contribution is 6.14. The lowest BCUT2D eigenvalue weighted by Gasteiger charge is -2.22. The van der Waals surface area contributed by atoms with Crippen molar-refractivity contribution in [3.8, 4) is 0 Å². The molecule has 5 heteroatoms. The number of hydrogen-bond acceptors (Lipinski definition) is 4. The number of carbonyl (C=O) groups excluding carboxylic acids is 2. The molecule has 3 aromatic rings. The molecular formula is C44H69NO4. The molecular weight excluding hydrogens is 606 g/mol. The standard InChI is InChI=1S/C44H69NO4/c1-6-9-11-13-15-17-19-21-23-25-31-43(4,48)41(46)35-27-29-39-37(33-35)38-34-36(28-30-40(38)45(39)8-3)42(47)44(5,49)32-26-24-22-20-18-16-14-12-10-7-2/h27-30,33-34,48-49H,6-26,31-32H2,1-5H3. The molecule has 0 amide bonds. The van der Waals surface area contributed by atoms with Crippen molar-refractivity contribution >= 4 is 33.4 Å². The van der Waals surface area contributed by atoms with Crippen molar-refractivity contribution in [3.05, 3.63) is 47.5 Å². The summed E-state index contributed by atoms with van der Waals surface area (Å²) in [6.07, 6.45) is 25.1. The molecule has 0 spiro atoms. The van der Waals surface area contributed by atoms with E-state index in [4.69, 9.17) is 0 Å². The third-order valence-corrected chi connectivity index (χ3v) is 10.7. The summed E-state index contributed by atoms with van der Waals surface area (Å²) in [6, 6.07) is 11.3. The first kappa shape index (κ1) is 40.9. The van der Waals surface area contributed by atoms with Crippen LogP contribution in [0.2, 0.25) is 0 Å². The number of aromatic nitrogens is 1. The zero-order valence-electron chi connectivity index (χ0n) is 31.9. The fourth-order valence-corrected chi connectivity index (χ4v) is 7.49. The minimum absolute atomic E-state index is 0.255. The minimum Gasteiger partial charge on any atom is -0.382 e. The molecule has 49 heavy (non-hydrogen) atoms. The van der Waals surface area contributed by atoms with Gasteiger partial charge in [0.25, 0.3) is 0 Å². The first-order chi connectivity index (χ1) is 23.6. The molecule has 0 aliphatic rings. The van der Waals surface area contributed by atoms with Crippen LogP contribution in [-0.2, 0) is 6.54 Å². The van der Waals surface area contributed by atoms with Gasteiger partial charge < -0.3 is 14.8 Å². The molecule has 2 N–H and O–H groups in total. The number of ketones is 2. The van der Waals surface area contributed by atoms with Crippen molar-refractivity contribution in [2.45, 2.75) is 194 Å². The van der Waals surface area contributed by atoms with E-state index in [-0.39, 0.29) is 11.6 Å². The van der Waals surface area contributed by atoms with E-state index in [0.717, 1.165) is 66.9 Å². The van der Waals surface area contributed by atoms with Gasteiger partial charge in [-0.1, -0.05) is 142 Å². The molecule has 0 aliphatic heterocycles. The molecule has 1 heterocycles. The van der Waals surface area contributed by atoms with Gasteiger partial charge in [0.05, 0.1) is 0 Å². The molecule has 2 aromatic carbocycles. The van der Waals surface area contributed by atoms with Crippen LogP contribution in [0.1, 0.15) is 197 Å². The highest BCUT2D eigenvalue weighted by Crippen LogP contribution is 2.33. The van der Waals surface area contributed by atoms with Gasteiger partial charge in [-0.25, -0.2) is 0 Å². The lowest BCUT2D eigenvalue weighted by Crippen LogP contribution is -2.35. The monoisotopic (exact) mass is 676 g/mol. The van der Waals surface area contributed by atoms with Crippen LogP contribution < -0.4 is 0 Å². The van der Waals surface area contributed by atoms with E-state index in [1.165, 1.54) is 89.9 Å². The molecule has 2 unspecified atom stereocenters. The number of benzene rings is 2. The number of aryl methyl sites for hydroxylation is 1. The van der Waals surface area contributed by atoms with Crippen molar-refractivity contribution in [3.63, 3.8) is 0 Å². The van der Waals surface area contributed by atoms with Crippen LogP contribution in [-0.4, -0.2) is 37.5 Å². The molecule has 0 bridgehead atoms. The summed E-state index contributed by atoms with van der Waals surface area (Å²) in [4.78, 5) is 27.2. The number of hydrogen-bond donors (Lipinski definition) is 2. The van der Waals surface area contributed by atoms with E-state index in [1.807, 2.05) is 36.4 Å². The Hall–Kier alpha value is -2.50. The van der Waals surface area contributed by atoms with Gasteiger partial charge in [0.2, 0.25) is 0 Å². The molecule has 0 saturated heterocycles. The molecule has 0 radical (unpaired) electrons. The summed E-state index contributed by atoms with van der Waals surface area (Å²) in [5, 5.41) is 24.3. The van der Waals surface area contributed by atoms with Crippen LogP contribution in [0.4, 0.5) is 0 Å². The number of Topliss-reactive ketones (excluding diaryl/α,β-unsaturated/α-hetero) is 2. The van der Waals surface area contributed by atoms with E-state index in [0.29, 0.717) is 24.0 Å².